The van der Waals surface area contributed by atoms with E-state index < -0.39 is 0 Å². The van der Waals surface area contributed by atoms with Crippen LogP contribution in [0.1, 0.15) is 44.7 Å². The van der Waals surface area contributed by atoms with Crippen molar-refractivity contribution in [3.05, 3.63) is 18.0 Å². The van der Waals surface area contributed by atoms with Crippen LogP contribution < -0.4 is 5.73 Å². The van der Waals surface area contributed by atoms with E-state index in [4.69, 9.17) is 5.73 Å². The van der Waals surface area contributed by atoms with Gasteiger partial charge in [0.1, 0.15) is 0 Å². The monoisotopic (exact) mass is 221 g/mol. The van der Waals surface area contributed by atoms with E-state index in [1.807, 2.05) is 6.20 Å². The number of rotatable bonds is 2. The van der Waals surface area contributed by atoms with Crippen LogP contribution in [-0.4, -0.2) is 15.8 Å². The van der Waals surface area contributed by atoms with Gasteiger partial charge in [0, 0.05) is 12.2 Å². The standard InChI is InChI=1S/C13H23N3/c1-9(2)11-4-5-12(14)13(6-11)16-8-10(3)7-15-16/h7-9,11-13H,4-6,14H2,1-3H3. The van der Waals surface area contributed by atoms with Gasteiger partial charge in [-0.3, -0.25) is 4.68 Å². The van der Waals surface area contributed by atoms with E-state index in [1.54, 1.807) is 0 Å². The highest BCUT2D eigenvalue weighted by Gasteiger charge is 2.31. The van der Waals surface area contributed by atoms with Crippen LogP contribution in [-0.2, 0) is 0 Å². The number of hydrogen-bond acceptors (Lipinski definition) is 2. The predicted molar refractivity (Wildman–Crippen MR) is 66.2 cm³/mol. The third-order valence-electron chi connectivity index (χ3n) is 3.92. The van der Waals surface area contributed by atoms with Gasteiger partial charge < -0.3 is 5.73 Å². The van der Waals surface area contributed by atoms with Gasteiger partial charge >= 0.3 is 0 Å². The molecular weight excluding hydrogens is 198 g/mol. The van der Waals surface area contributed by atoms with Crippen LogP contribution in [0.5, 0.6) is 0 Å². The molecule has 1 aliphatic rings. The summed E-state index contributed by atoms with van der Waals surface area (Å²) in [4.78, 5) is 0. The summed E-state index contributed by atoms with van der Waals surface area (Å²) in [5.74, 6) is 1.56. The molecule has 3 nitrogen and oxygen atoms in total. The molecule has 90 valence electrons. The Labute approximate surface area is 98.0 Å². The Morgan fingerprint density at radius 3 is 2.75 bits per heavy atom. The van der Waals surface area contributed by atoms with Gasteiger partial charge in [-0.05, 0) is 43.6 Å². The number of nitrogens with two attached hydrogens (primary N) is 1. The van der Waals surface area contributed by atoms with Crippen molar-refractivity contribution in [2.24, 2.45) is 17.6 Å². The van der Waals surface area contributed by atoms with Gasteiger partial charge in [-0.25, -0.2) is 0 Å². The quantitative estimate of drug-likeness (QED) is 0.834. The number of aromatic nitrogens is 2. The van der Waals surface area contributed by atoms with E-state index >= 15 is 0 Å². The van der Waals surface area contributed by atoms with Crippen LogP contribution in [0.4, 0.5) is 0 Å². The largest absolute Gasteiger partial charge is 0.326 e. The summed E-state index contributed by atoms with van der Waals surface area (Å²) in [5.41, 5.74) is 7.44. The van der Waals surface area contributed by atoms with Gasteiger partial charge in [0.05, 0.1) is 12.2 Å². The molecule has 1 fully saturated rings. The topological polar surface area (TPSA) is 43.8 Å². The van der Waals surface area contributed by atoms with Crippen LogP contribution in [0.2, 0.25) is 0 Å². The van der Waals surface area contributed by atoms with E-state index in [9.17, 15) is 0 Å². The van der Waals surface area contributed by atoms with E-state index in [0.717, 1.165) is 18.3 Å². The zero-order valence-electron chi connectivity index (χ0n) is 10.6. The Kier molecular flexibility index (Phi) is 3.33. The third kappa shape index (κ3) is 2.29. The van der Waals surface area contributed by atoms with Gasteiger partial charge in [-0.15, -0.1) is 0 Å². The second-order valence-corrected chi connectivity index (χ2v) is 5.55. The Balaban J connectivity index is 2.12. The first-order chi connectivity index (χ1) is 7.58. The summed E-state index contributed by atoms with van der Waals surface area (Å²) >= 11 is 0. The molecule has 0 spiro atoms. The van der Waals surface area contributed by atoms with E-state index in [1.165, 1.54) is 18.4 Å². The molecule has 0 bridgehead atoms. The highest BCUT2D eigenvalue weighted by molar-refractivity contribution is 5.02. The summed E-state index contributed by atoms with van der Waals surface area (Å²) in [7, 11) is 0. The maximum atomic E-state index is 6.22. The average molecular weight is 221 g/mol. The van der Waals surface area contributed by atoms with E-state index in [2.05, 4.69) is 36.7 Å². The van der Waals surface area contributed by atoms with Crippen molar-refractivity contribution in [2.45, 2.75) is 52.1 Å². The minimum atomic E-state index is 0.272. The molecule has 2 N–H and O–H groups in total. The van der Waals surface area contributed by atoms with Gasteiger partial charge in [0.15, 0.2) is 0 Å². The van der Waals surface area contributed by atoms with Crippen LogP contribution in [0.3, 0.4) is 0 Å². The molecule has 0 radical (unpaired) electrons. The number of hydrogen-bond donors (Lipinski definition) is 1. The van der Waals surface area contributed by atoms with Crippen LogP contribution >= 0.6 is 0 Å². The Hall–Kier alpha value is -0.830. The normalized spacial score (nSPS) is 30.9. The van der Waals surface area contributed by atoms with Crippen molar-refractivity contribution >= 4 is 0 Å². The molecule has 3 heteroatoms. The molecular formula is C13H23N3. The molecule has 0 saturated heterocycles. The summed E-state index contributed by atoms with van der Waals surface area (Å²) in [5, 5.41) is 4.42. The van der Waals surface area contributed by atoms with Crippen molar-refractivity contribution in [2.75, 3.05) is 0 Å². The van der Waals surface area contributed by atoms with Crippen molar-refractivity contribution in [3.8, 4) is 0 Å². The molecule has 16 heavy (non-hydrogen) atoms. The molecule has 1 saturated carbocycles. The van der Waals surface area contributed by atoms with Crippen molar-refractivity contribution in [1.29, 1.82) is 0 Å². The lowest BCUT2D eigenvalue weighted by molar-refractivity contribution is 0.183. The Morgan fingerprint density at radius 2 is 2.19 bits per heavy atom. The molecule has 3 unspecified atom stereocenters. The average Bonchev–Trinajstić information content (AvgIpc) is 2.65. The minimum absolute atomic E-state index is 0.272. The Morgan fingerprint density at radius 1 is 1.44 bits per heavy atom. The smallest absolute Gasteiger partial charge is 0.0672 e. The molecule has 1 aromatic rings. The molecule has 1 aliphatic carbocycles. The first kappa shape index (κ1) is 11.6. The van der Waals surface area contributed by atoms with Gasteiger partial charge in [0.25, 0.3) is 0 Å². The molecule has 3 atom stereocenters. The maximum absolute atomic E-state index is 6.22. The molecule has 1 aromatic heterocycles. The van der Waals surface area contributed by atoms with Gasteiger partial charge in [-0.2, -0.15) is 5.10 Å². The summed E-state index contributed by atoms with van der Waals surface area (Å²) in [6, 6.07) is 0.671. The van der Waals surface area contributed by atoms with Crippen molar-refractivity contribution in [3.63, 3.8) is 0 Å². The van der Waals surface area contributed by atoms with Crippen LogP contribution in [0.15, 0.2) is 12.4 Å². The Bertz CT molecular complexity index is 343. The summed E-state index contributed by atoms with van der Waals surface area (Å²) < 4.78 is 2.08. The second-order valence-electron chi connectivity index (χ2n) is 5.55. The predicted octanol–water partition coefficient (Wildman–Crippen LogP) is 2.52. The van der Waals surface area contributed by atoms with E-state index in [-0.39, 0.29) is 6.04 Å². The lowest BCUT2D eigenvalue weighted by Gasteiger charge is -2.36. The zero-order chi connectivity index (χ0) is 11.7. The highest BCUT2D eigenvalue weighted by atomic mass is 15.3. The van der Waals surface area contributed by atoms with Gasteiger partial charge in [-0.1, -0.05) is 13.8 Å². The molecule has 1 heterocycles. The van der Waals surface area contributed by atoms with Crippen LogP contribution in [0, 0.1) is 18.8 Å². The number of nitrogens with zero attached hydrogens (tertiary/aromatic N) is 2. The fraction of sp³-hybridized carbons (Fsp3) is 0.769. The van der Waals surface area contributed by atoms with Gasteiger partial charge in [0.2, 0.25) is 0 Å². The third-order valence-corrected chi connectivity index (χ3v) is 3.92. The summed E-state index contributed by atoms with van der Waals surface area (Å²) in [6.07, 6.45) is 7.63. The fourth-order valence-corrected chi connectivity index (χ4v) is 2.73. The fourth-order valence-electron chi connectivity index (χ4n) is 2.73. The lowest BCUT2D eigenvalue weighted by atomic mass is 9.77. The number of aryl methyl sites for hydroxylation is 1. The minimum Gasteiger partial charge on any atom is -0.326 e. The van der Waals surface area contributed by atoms with E-state index in [0.29, 0.717) is 6.04 Å². The summed E-state index contributed by atoms with van der Waals surface area (Å²) in [6.45, 7) is 6.71. The van der Waals surface area contributed by atoms with Crippen molar-refractivity contribution < 1.29 is 0 Å². The lowest BCUT2D eigenvalue weighted by Crippen LogP contribution is -2.39. The molecule has 2 rings (SSSR count). The molecule has 0 aromatic carbocycles. The van der Waals surface area contributed by atoms with Crippen LogP contribution in [0.25, 0.3) is 0 Å². The zero-order valence-corrected chi connectivity index (χ0v) is 10.6. The molecule has 0 aliphatic heterocycles. The second kappa shape index (κ2) is 4.58. The molecule has 0 amide bonds. The maximum Gasteiger partial charge on any atom is 0.0672 e. The SMILES string of the molecule is Cc1cnn(C2CC(C(C)C)CCC2N)c1. The first-order valence-corrected chi connectivity index (χ1v) is 6.34. The highest BCUT2D eigenvalue weighted by Crippen LogP contribution is 2.35. The van der Waals surface area contributed by atoms with Crippen molar-refractivity contribution in [1.82, 2.24) is 9.78 Å². The first-order valence-electron chi connectivity index (χ1n) is 6.34.